The van der Waals surface area contributed by atoms with Gasteiger partial charge in [-0.1, -0.05) is 6.42 Å². The summed E-state index contributed by atoms with van der Waals surface area (Å²) in [4.78, 5) is 8.59. The van der Waals surface area contributed by atoms with E-state index in [0.717, 1.165) is 6.54 Å². The first-order valence-corrected chi connectivity index (χ1v) is 5.17. The number of nitrogens with one attached hydrogen (secondary N) is 1. The fourth-order valence-corrected chi connectivity index (χ4v) is 1.57. The van der Waals surface area contributed by atoms with Crippen LogP contribution in [0.2, 0.25) is 0 Å². The van der Waals surface area contributed by atoms with Crippen LogP contribution in [0.15, 0.2) is 12.3 Å². The van der Waals surface area contributed by atoms with E-state index in [1.807, 2.05) is 12.3 Å². The van der Waals surface area contributed by atoms with E-state index in [1.54, 1.807) is 0 Å². The van der Waals surface area contributed by atoms with E-state index in [9.17, 15) is 0 Å². The van der Waals surface area contributed by atoms with Crippen LogP contribution in [0.25, 0.3) is 0 Å². The summed E-state index contributed by atoms with van der Waals surface area (Å²) in [7, 11) is 0. The molecule has 1 aromatic rings. The number of rotatable bonds is 4. The summed E-state index contributed by atoms with van der Waals surface area (Å²) < 4.78 is 0. The predicted octanol–water partition coefficient (Wildman–Crippen LogP) is 1.11. The van der Waals surface area contributed by atoms with E-state index in [1.165, 1.54) is 25.0 Å². The second-order valence-corrected chi connectivity index (χ2v) is 3.65. The van der Waals surface area contributed by atoms with Crippen LogP contribution in [-0.2, 0) is 0 Å². The van der Waals surface area contributed by atoms with Crippen LogP contribution < -0.4 is 11.1 Å². The van der Waals surface area contributed by atoms with Gasteiger partial charge >= 0.3 is 0 Å². The lowest BCUT2D eigenvalue weighted by molar-refractivity contribution is 0.411. The SMILES string of the molecule is NCCNc1nccc(C2CCC2)n1. The van der Waals surface area contributed by atoms with E-state index in [2.05, 4.69) is 15.3 Å². The van der Waals surface area contributed by atoms with Crippen molar-refractivity contribution in [3.05, 3.63) is 18.0 Å². The Morgan fingerprint density at radius 3 is 3.00 bits per heavy atom. The molecule has 0 saturated heterocycles. The van der Waals surface area contributed by atoms with Gasteiger partial charge in [0.2, 0.25) is 5.95 Å². The highest BCUT2D eigenvalue weighted by Crippen LogP contribution is 2.35. The Morgan fingerprint density at radius 1 is 1.50 bits per heavy atom. The normalized spacial score (nSPS) is 16.4. The quantitative estimate of drug-likeness (QED) is 0.750. The predicted molar refractivity (Wildman–Crippen MR) is 56.2 cm³/mol. The average Bonchev–Trinajstić information content (AvgIpc) is 2.13. The third kappa shape index (κ3) is 2.01. The Morgan fingerprint density at radius 2 is 2.36 bits per heavy atom. The highest BCUT2D eigenvalue weighted by Gasteiger charge is 2.20. The van der Waals surface area contributed by atoms with Crippen molar-refractivity contribution < 1.29 is 0 Å². The van der Waals surface area contributed by atoms with E-state index >= 15 is 0 Å². The maximum atomic E-state index is 5.39. The second-order valence-electron chi connectivity index (χ2n) is 3.65. The minimum atomic E-state index is 0.608. The molecule has 0 aliphatic heterocycles. The molecule has 2 rings (SSSR count). The molecule has 0 bridgehead atoms. The monoisotopic (exact) mass is 192 g/mol. The minimum Gasteiger partial charge on any atom is -0.353 e. The lowest BCUT2D eigenvalue weighted by Crippen LogP contribution is -2.16. The minimum absolute atomic E-state index is 0.608. The Labute approximate surface area is 83.9 Å². The van der Waals surface area contributed by atoms with E-state index < -0.39 is 0 Å². The van der Waals surface area contributed by atoms with Crippen molar-refractivity contribution in [2.24, 2.45) is 5.73 Å². The molecule has 3 N–H and O–H groups in total. The van der Waals surface area contributed by atoms with E-state index in [-0.39, 0.29) is 0 Å². The molecule has 1 heterocycles. The number of hydrogen-bond donors (Lipinski definition) is 2. The molecule has 1 aliphatic rings. The zero-order chi connectivity index (χ0) is 9.80. The molecule has 0 atom stereocenters. The highest BCUT2D eigenvalue weighted by atomic mass is 15.1. The average molecular weight is 192 g/mol. The molecule has 0 amide bonds. The lowest BCUT2D eigenvalue weighted by Gasteiger charge is -2.24. The molecule has 4 nitrogen and oxygen atoms in total. The van der Waals surface area contributed by atoms with Gasteiger partial charge in [-0.15, -0.1) is 0 Å². The fourth-order valence-electron chi connectivity index (χ4n) is 1.57. The van der Waals surface area contributed by atoms with Crippen LogP contribution in [0.1, 0.15) is 30.9 Å². The summed E-state index contributed by atoms with van der Waals surface area (Å²) >= 11 is 0. The maximum Gasteiger partial charge on any atom is 0.222 e. The van der Waals surface area contributed by atoms with Crippen LogP contribution >= 0.6 is 0 Å². The number of nitrogens with zero attached hydrogens (tertiary/aromatic N) is 2. The summed E-state index contributed by atoms with van der Waals surface area (Å²) in [6.45, 7) is 1.34. The van der Waals surface area contributed by atoms with Gasteiger partial charge < -0.3 is 11.1 Å². The van der Waals surface area contributed by atoms with Crippen molar-refractivity contribution in [1.29, 1.82) is 0 Å². The zero-order valence-electron chi connectivity index (χ0n) is 8.24. The van der Waals surface area contributed by atoms with Gasteiger partial charge in [-0.3, -0.25) is 0 Å². The van der Waals surface area contributed by atoms with Gasteiger partial charge in [-0.05, 0) is 18.9 Å². The van der Waals surface area contributed by atoms with Gasteiger partial charge in [-0.2, -0.15) is 0 Å². The Kier molecular flexibility index (Phi) is 2.93. The van der Waals surface area contributed by atoms with Gasteiger partial charge in [-0.25, -0.2) is 9.97 Å². The van der Waals surface area contributed by atoms with Crippen LogP contribution in [0.4, 0.5) is 5.95 Å². The molecule has 14 heavy (non-hydrogen) atoms. The maximum absolute atomic E-state index is 5.39. The molecule has 1 aliphatic carbocycles. The third-order valence-electron chi connectivity index (χ3n) is 2.63. The summed E-state index contributed by atoms with van der Waals surface area (Å²) in [5.74, 6) is 1.37. The van der Waals surface area contributed by atoms with Crippen molar-refractivity contribution >= 4 is 5.95 Å². The molecule has 0 spiro atoms. The van der Waals surface area contributed by atoms with Gasteiger partial charge in [0.1, 0.15) is 0 Å². The zero-order valence-corrected chi connectivity index (χ0v) is 8.24. The largest absolute Gasteiger partial charge is 0.353 e. The number of anilines is 1. The first-order valence-electron chi connectivity index (χ1n) is 5.17. The summed E-state index contributed by atoms with van der Waals surface area (Å²) in [6, 6.07) is 2.01. The van der Waals surface area contributed by atoms with Gasteiger partial charge in [0.25, 0.3) is 0 Å². The number of aromatic nitrogens is 2. The molecule has 0 radical (unpaired) electrons. The van der Waals surface area contributed by atoms with Crippen molar-refractivity contribution in [3.8, 4) is 0 Å². The summed E-state index contributed by atoms with van der Waals surface area (Å²) in [6.07, 6.45) is 5.69. The van der Waals surface area contributed by atoms with Crippen molar-refractivity contribution in [1.82, 2.24) is 9.97 Å². The lowest BCUT2D eigenvalue weighted by atomic mass is 9.83. The Bertz CT molecular complexity index is 296. The van der Waals surface area contributed by atoms with Crippen LogP contribution in [-0.4, -0.2) is 23.1 Å². The highest BCUT2D eigenvalue weighted by molar-refractivity contribution is 5.26. The van der Waals surface area contributed by atoms with Crippen molar-refractivity contribution in [2.75, 3.05) is 18.4 Å². The molecule has 76 valence electrons. The first-order chi connectivity index (χ1) is 6.90. The van der Waals surface area contributed by atoms with E-state index in [4.69, 9.17) is 5.73 Å². The molecule has 1 aromatic heterocycles. The van der Waals surface area contributed by atoms with Gasteiger partial charge in [0.05, 0.1) is 0 Å². The molecule has 0 unspecified atom stereocenters. The molecule has 1 saturated carbocycles. The topological polar surface area (TPSA) is 63.8 Å². The second kappa shape index (κ2) is 4.37. The van der Waals surface area contributed by atoms with Crippen LogP contribution in [0.3, 0.4) is 0 Å². The molecule has 4 heteroatoms. The van der Waals surface area contributed by atoms with Crippen molar-refractivity contribution in [3.63, 3.8) is 0 Å². The molecule has 1 fully saturated rings. The van der Waals surface area contributed by atoms with Crippen molar-refractivity contribution in [2.45, 2.75) is 25.2 Å². The number of nitrogens with two attached hydrogens (primary N) is 1. The Hall–Kier alpha value is -1.16. The van der Waals surface area contributed by atoms with Gasteiger partial charge in [0, 0.05) is 30.9 Å². The smallest absolute Gasteiger partial charge is 0.222 e. The van der Waals surface area contributed by atoms with Crippen LogP contribution in [0, 0.1) is 0 Å². The fraction of sp³-hybridized carbons (Fsp3) is 0.600. The van der Waals surface area contributed by atoms with E-state index in [0.29, 0.717) is 18.4 Å². The number of hydrogen-bond acceptors (Lipinski definition) is 4. The summed E-state index contributed by atoms with van der Waals surface area (Å²) in [5.41, 5.74) is 6.57. The molecule has 0 aromatic carbocycles. The van der Waals surface area contributed by atoms with Crippen LogP contribution in [0.5, 0.6) is 0 Å². The molecular formula is C10H16N4. The first kappa shape index (κ1) is 9.40. The third-order valence-corrected chi connectivity index (χ3v) is 2.63. The molecular weight excluding hydrogens is 176 g/mol. The summed E-state index contributed by atoms with van der Waals surface area (Å²) in [5, 5.41) is 3.09. The van der Waals surface area contributed by atoms with Gasteiger partial charge in [0.15, 0.2) is 0 Å². The standard InChI is InChI=1S/C10H16N4/c11-5-7-13-10-12-6-4-9(14-10)8-2-1-3-8/h4,6,8H,1-3,5,7,11H2,(H,12,13,14). The Balaban J connectivity index is 2.02.